The predicted molar refractivity (Wildman–Crippen MR) is 76.7 cm³/mol. The minimum Gasteiger partial charge on any atom is -0.367 e. The number of hydrogen-bond acceptors (Lipinski definition) is 6. The van der Waals surface area contributed by atoms with Crippen LogP contribution in [0.3, 0.4) is 0 Å². The van der Waals surface area contributed by atoms with Crippen LogP contribution in [0.1, 0.15) is 56.3 Å². The van der Waals surface area contributed by atoms with Gasteiger partial charge in [-0.1, -0.05) is 18.0 Å². The summed E-state index contributed by atoms with van der Waals surface area (Å²) in [5, 5.41) is 7.63. The molecule has 3 heterocycles. The number of morpholine rings is 1. The van der Waals surface area contributed by atoms with Crippen molar-refractivity contribution < 1.29 is 9.26 Å². The number of hydrogen-bond donors (Lipinski definition) is 1. The zero-order valence-corrected chi connectivity index (χ0v) is 12.5. The van der Waals surface area contributed by atoms with Crippen molar-refractivity contribution in [2.75, 3.05) is 19.7 Å². The molecule has 1 aromatic rings. The number of rotatable bonds is 4. The van der Waals surface area contributed by atoms with Crippen molar-refractivity contribution in [3.8, 4) is 0 Å². The first kappa shape index (κ1) is 13.7. The van der Waals surface area contributed by atoms with E-state index >= 15 is 0 Å². The van der Waals surface area contributed by atoms with Gasteiger partial charge >= 0.3 is 0 Å². The van der Waals surface area contributed by atoms with Crippen LogP contribution in [0.25, 0.3) is 0 Å². The van der Waals surface area contributed by atoms with E-state index in [1.807, 2.05) is 0 Å². The van der Waals surface area contributed by atoms with Crippen LogP contribution in [-0.2, 0) is 11.3 Å². The zero-order chi connectivity index (χ0) is 14.1. The fourth-order valence-electron chi connectivity index (χ4n) is 3.81. The summed E-state index contributed by atoms with van der Waals surface area (Å²) < 4.78 is 11.3. The summed E-state index contributed by atoms with van der Waals surface area (Å²) in [5.74, 6) is 1.40. The molecule has 0 radical (unpaired) electrons. The van der Waals surface area contributed by atoms with E-state index in [0.717, 1.165) is 13.2 Å². The highest BCUT2D eigenvalue weighted by Crippen LogP contribution is 2.28. The molecule has 2 aliphatic heterocycles. The summed E-state index contributed by atoms with van der Waals surface area (Å²) in [4.78, 5) is 7.02. The highest BCUT2D eigenvalue weighted by molar-refractivity contribution is 4.97. The van der Waals surface area contributed by atoms with E-state index in [4.69, 9.17) is 9.26 Å². The van der Waals surface area contributed by atoms with Crippen LogP contribution in [0.4, 0.5) is 0 Å². The Kier molecular flexibility index (Phi) is 3.92. The molecule has 6 heteroatoms. The number of nitrogens with one attached hydrogen (secondary N) is 1. The van der Waals surface area contributed by atoms with Gasteiger partial charge in [0.2, 0.25) is 11.7 Å². The van der Waals surface area contributed by atoms with E-state index in [2.05, 4.69) is 20.4 Å². The lowest BCUT2D eigenvalue weighted by Crippen LogP contribution is -2.42. The molecule has 2 saturated heterocycles. The van der Waals surface area contributed by atoms with Crippen LogP contribution in [-0.4, -0.2) is 46.8 Å². The maximum absolute atomic E-state index is 5.92. The van der Waals surface area contributed by atoms with E-state index in [0.29, 0.717) is 30.3 Å². The summed E-state index contributed by atoms with van der Waals surface area (Å²) >= 11 is 0. The van der Waals surface area contributed by atoms with Gasteiger partial charge in [0.25, 0.3) is 0 Å². The lowest BCUT2D eigenvalue weighted by atomic mass is 10.2. The largest absolute Gasteiger partial charge is 0.367 e. The summed E-state index contributed by atoms with van der Waals surface area (Å²) in [5.41, 5.74) is 0. The van der Waals surface area contributed by atoms with Crippen LogP contribution in [0, 0.1) is 0 Å². The summed E-state index contributed by atoms with van der Waals surface area (Å²) in [6.07, 6.45) is 7.72. The fourth-order valence-corrected chi connectivity index (χ4v) is 3.81. The molecule has 2 unspecified atom stereocenters. The molecule has 1 aliphatic carbocycles. The first-order chi connectivity index (χ1) is 10.4. The number of aromatic nitrogens is 2. The molecule has 4 rings (SSSR count). The Balaban J connectivity index is 1.33. The van der Waals surface area contributed by atoms with Gasteiger partial charge < -0.3 is 14.6 Å². The van der Waals surface area contributed by atoms with E-state index in [-0.39, 0.29) is 6.10 Å². The van der Waals surface area contributed by atoms with Gasteiger partial charge in [0.15, 0.2) is 0 Å². The Labute approximate surface area is 125 Å². The zero-order valence-electron chi connectivity index (χ0n) is 12.5. The average Bonchev–Trinajstić information content (AvgIpc) is 3.25. The Morgan fingerprint density at radius 1 is 1.19 bits per heavy atom. The maximum Gasteiger partial charge on any atom is 0.240 e. The molecular weight excluding hydrogens is 268 g/mol. The van der Waals surface area contributed by atoms with E-state index in [9.17, 15) is 0 Å². The minimum atomic E-state index is -0.0247. The molecule has 3 aliphatic rings. The number of ether oxygens (including phenoxy) is 1. The summed E-state index contributed by atoms with van der Waals surface area (Å²) in [6, 6.07) is 1.23. The normalized spacial score (nSPS) is 30.9. The minimum absolute atomic E-state index is 0.0247. The second-order valence-corrected chi connectivity index (χ2v) is 6.52. The molecule has 1 saturated carbocycles. The van der Waals surface area contributed by atoms with E-state index in [1.165, 1.54) is 45.1 Å². The van der Waals surface area contributed by atoms with Crippen molar-refractivity contribution in [2.24, 2.45) is 0 Å². The van der Waals surface area contributed by atoms with E-state index in [1.54, 1.807) is 0 Å². The van der Waals surface area contributed by atoms with Gasteiger partial charge in [-0.25, -0.2) is 0 Å². The first-order valence-corrected chi connectivity index (χ1v) is 8.30. The van der Waals surface area contributed by atoms with Gasteiger partial charge in [0.1, 0.15) is 6.10 Å². The topological polar surface area (TPSA) is 63.4 Å². The Bertz CT molecular complexity index is 472. The molecule has 3 fully saturated rings. The highest BCUT2D eigenvalue weighted by Gasteiger charge is 2.34. The van der Waals surface area contributed by atoms with Gasteiger partial charge in [-0.05, 0) is 32.2 Å². The van der Waals surface area contributed by atoms with Gasteiger partial charge in [0.05, 0.1) is 13.2 Å². The Morgan fingerprint density at radius 2 is 2.10 bits per heavy atom. The van der Waals surface area contributed by atoms with Crippen molar-refractivity contribution in [1.29, 1.82) is 0 Å². The highest BCUT2D eigenvalue weighted by atomic mass is 16.5. The smallest absolute Gasteiger partial charge is 0.240 e. The molecule has 0 amide bonds. The molecule has 6 nitrogen and oxygen atoms in total. The summed E-state index contributed by atoms with van der Waals surface area (Å²) in [6.45, 7) is 3.56. The van der Waals surface area contributed by atoms with Gasteiger partial charge in [0, 0.05) is 18.6 Å². The van der Waals surface area contributed by atoms with Crippen molar-refractivity contribution in [2.45, 2.75) is 63.3 Å². The van der Waals surface area contributed by atoms with Crippen LogP contribution in [0.2, 0.25) is 0 Å². The SMILES string of the molecule is C1CCC(NCc2nc(C3CN4CCCC4CO3)no2)C1. The average molecular weight is 292 g/mol. The Hall–Kier alpha value is -0.980. The maximum atomic E-state index is 5.92. The molecule has 0 spiro atoms. The second-order valence-electron chi connectivity index (χ2n) is 6.52. The van der Waals surface area contributed by atoms with Crippen molar-refractivity contribution in [1.82, 2.24) is 20.4 Å². The fraction of sp³-hybridized carbons (Fsp3) is 0.867. The standard InChI is InChI=1S/C15H24N4O2/c1-2-5-11(4-1)16-8-14-17-15(18-21-14)13-9-19-7-3-6-12(19)10-20-13/h11-13,16H,1-10H2. The summed E-state index contributed by atoms with van der Waals surface area (Å²) in [7, 11) is 0. The Morgan fingerprint density at radius 3 is 3.00 bits per heavy atom. The molecule has 1 aromatic heterocycles. The van der Waals surface area contributed by atoms with Gasteiger partial charge in [-0.15, -0.1) is 0 Å². The van der Waals surface area contributed by atoms with Crippen LogP contribution >= 0.6 is 0 Å². The van der Waals surface area contributed by atoms with Crippen LogP contribution in [0.5, 0.6) is 0 Å². The van der Waals surface area contributed by atoms with Crippen LogP contribution < -0.4 is 5.32 Å². The first-order valence-electron chi connectivity index (χ1n) is 8.30. The quantitative estimate of drug-likeness (QED) is 0.910. The van der Waals surface area contributed by atoms with Gasteiger partial charge in [-0.3, -0.25) is 4.90 Å². The monoisotopic (exact) mass is 292 g/mol. The predicted octanol–water partition coefficient (Wildman–Crippen LogP) is 1.64. The third kappa shape index (κ3) is 2.98. The van der Waals surface area contributed by atoms with Crippen LogP contribution in [0.15, 0.2) is 4.52 Å². The molecule has 21 heavy (non-hydrogen) atoms. The molecular formula is C15H24N4O2. The van der Waals surface area contributed by atoms with E-state index < -0.39 is 0 Å². The lowest BCUT2D eigenvalue weighted by molar-refractivity contribution is -0.0548. The third-order valence-corrected chi connectivity index (χ3v) is 5.06. The molecule has 116 valence electrons. The van der Waals surface area contributed by atoms with Gasteiger partial charge in [-0.2, -0.15) is 4.98 Å². The number of fused-ring (bicyclic) bond motifs is 1. The molecule has 0 aromatic carbocycles. The van der Waals surface area contributed by atoms with Crippen molar-refractivity contribution in [3.05, 3.63) is 11.7 Å². The lowest BCUT2D eigenvalue weighted by Gasteiger charge is -2.33. The third-order valence-electron chi connectivity index (χ3n) is 5.06. The van der Waals surface area contributed by atoms with Crippen molar-refractivity contribution in [3.63, 3.8) is 0 Å². The van der Waals surface area contributed by atoms with Crippen molar-refractivity contribution >= 4 is 0 Å². The molecule has 2 atom stereocenters. The molecule has 1 N–H and O–H groups in total. The molecule has 0 bridgehead atoms. The second kappa shape index (κ2) is 6.02. The number of nitrogens with zero attached hydrogens (tertiary/aromatic N) is 3.